The SMILES string of the molecule is COC(=O)C[C@@H](NC(=O)Cc1ccccc1)C(=O)OC. The van der Waals surface area contributed by atoms with Gasteiger partial charge in [0.05, 0.1) is 27.1 Å². The summed E-state index contributed by atoms with van der Waals surface area (Å²) in [6.07, 6.45) is -0.140. The van der Waals surface area contributed by atoms with Gasteiger partial charge in [0.15, 0.2) is 0 Å². The van der Waals surface area contributed by atoms with Crippen LogP contribution in [0.1, 0.15) is 12.0 Å². The molecule has 0 radical (unpaired) electrons. The molecular weight excluding hydrogens is 262 g/mol. The van der Waals surface area contributed by atoms with E-state index in [4.69, 9.17) is 0 Å². The molecule has 20 heavy (non-hydrogen) atoms. The number of ether oxygens (including phenoxy) is 2. The second kappa shape index (κ2) is 7.93. The Labute approximate surface area is 117 Å². The van der Waals surface area contributed by atoms with Crippen molar-refractivity contribution in [2.75, 3.05) is 14.2 Å². The van der Waals surface area contributed by atoms with E-state index in [0.29, 0.717) is 0 Å². The summed E-state index contributed by atoms with van der Waals surface area (Å²) in [6.45, 7) is 0. The maximum Gasteiger partial charge on any atom is 0.328 e. The van der Waals surface area contributed by atoms with Crippen LogP contribution >= 0.6 is 0 Å². The summed E-state index contributed by atoms with van der Waals surface area (Å²) in [5.74, 6) is -1.65. The van der Waals surface area contributed by atoms with Crippen LogP contribution in [-0.2, 0) is 30.3 Å². The Balaban J connectivity index is 2.62. The molecule has 1 aromatic carbocycles. The summed E-state index contributed by atoms with van der Waals surface area (Å²) in [5.41, 5.74) is 0.812. The van der Waals surface area contributed by atoms with Gasteiger partial charge in [-0.15, -0.1) is 0 Å². The number of hydrogen-bond donors (Lipinski definition) is 1. The van der Waals surface area contributed by atoms with Gasteiger partial charge in [-0.1, -0.05) is 30.3 Å². The first kappa shape index (κ1) is 15.7. The van der Waals surface area contributed by atoms with Crippen molar-refractivity contribution < 1.29 is 23.9 Å². The Hall–Kier alpha value is -2.37. The van der Waals surface area contributed by atoms with E-state index in [0.717, 1.165) is 5.56 Å². The molecule has 0 heterocycles. The van der Waals surface area contributed by atoms with Crippen molar-refractivity contribution in [3.8, 4) is 0 Å². The van der Waals surface area contributed by atoms with E-state index in [-0.39, 0.29) is 18.7 Å². The smallest absolute Gasteiger partial charge is 0.328 e. The zero-order chi connectivity index (χ0) is 15.0. The maximum atomic E-state index is 11.8. The Morgan fingerprint density at radius 1 is 1.10 bits per heavy atom. The molecule has 1 N–H and O–H groups in total. The highest BCUT2D eigenvalue weighted by atomic mass is 16.5. The van der Waals surface area contributed by atoms with Gasteiger partial charge in [-0.25, -0.2) is 4.79 Å². The molecule has 0 aromatic heterocycles. The molecular formula is C14H17NO5. The van der Waals surface area contributed by atoms with Crippen LogP contribution < -0.4 is 5.32 Å². The quantitative estimate of drug-likeness (QED) is 0.765. The average Bonchev–Trinajstić information content (AvgIpc) is 2.46. The summed E-state index contributed by atoms with van der Waals surface area (Å²) >= 11 is 0. The largest absolute Gasteiger partial charge is 0.469 e. The molecule has 1 aromatic rings. The van der Waals surface area contributed by atoms with Crippen molar-refractivity contribution in [2.24, 2.45) is 0 Å². The molecule has 0 unspecified atom stereocenters. The van der Waals surface area contributed by atoms with Crippen molar-refractivity contribution in [3.05, 3.63) is 35.9 Å². The van der Waals surface area contributed by atoms with Gasteiger partial charge in [0.2, 0.25) is 5.91 Å². The van der Waals surface area contributed by atoms with Crippen LogP contribution in [-0.4, -0.2) is 38.1 Å². The normalized spacial score (nSPS) is 11.3. The summed E-state index contributed by atoms with van der Waals surface area (Å²) in [4.78, 5) is 34.5. The second-order valence-electron chi connectivity index (χ2n) is 4.09. The third-order valence-electron chi connectivity index (χ3n) is 2.63. The molecule has 0 spiro atoms. The highest BCUT2D eigenvalue weighted by molar-refractivity contribution is 5.88. The van der Waals surface area contributed by atoms with Crippen LogP contribution in [0.4, 0.5) is 0 Å². The number of nitrogens with one attached hydrogen (secondary N) is 1. The number of hydrogen-bond acceptors (Lipinski definition) is 5. The molecule has 1 atom stereocenters. The number of benzene rings is 1. The average molecular weight is 279 g/mol. The van der Waals surface area contributed by atoms with Gasteiger partial charge in [0, 0.05) is 0 Å². The molecule has 1 rings (SSSR count). The maximum absolute atomic E-state index is 11.8. The minimum Gasteiger partial charge on any atom is -0.469 e. The Bertz CT molecular complexity index is 472. The fraction of sp³-hybridized carbons (Fsp3) is 0.357. The van der Waals surface area contributed by atoms with E-state index in [9.17, 15) is 14.4 Å². The fourth-order valence-corrected chi connectivity index (χ4v) is 1.61. The number of carbonyl (C=O) groups excluding carboxylic acids is 3. The zero-order valence-corrected chi connectivity index (χ0v) is 11.4. The standard InChI is InChI=1S/C14H17NO5/c1-19-13(17)9-11(14(18)20-2)15-12(16)8-10-6-4-3-5-7-10/h3-7,11H,8-9H2,1-2H3,(H,15,16)/t11-/m1/s1. The molecule has 1 amide bonds. The van der Waals surface area contributed by atoms with Crippen molar-refractivity contribution in [3.63, 3.8) is 0 Å². The van der Waals surface area contributed by atoms with Crippen molar-refractivity contribution in [1.29, 1.82) is 0 Å². The van der Waals surface area contributed by atoms with Gasteiger partial charge in [-0.3, -0.25) is 9.59 Å². The molecule has 6 nitrogen and oxygen atoms in total. The number of methoxy groups -OCH3 is 2. The molecule has 6 heteroatoms. The zero-order valence-electron chi connectivity index (χ0n) is 11.4. The van der Waals surface area contributed by atoms with E-state index in [1.54, 1.807) is 12.1 Å². The third kappa shape index (κ3) is 5.09. The van der Waals surface area contributed by atoms with Crippen molar-refractivity contribution >= 4 is 17.8 Å². The first-order valence-corrected chi connectivity index (χ1v) is 6.04. The number of amides is 1. The highest BCUT2D eigenvalue weighted by Crippen LogP contribution is 2.02. The first-order valence-electron chi connectivity index (χ1n) is 6.04. The molecule has 0 aliphatic carbocycles. The van der Waals surface area contributed by atoms with Gasteiger partial charge in [0.1, 0.15) is 6.04 Å². The first-order chi connectivity index (χ1) is 9.56. The molecule has 0 saturated carbocycles. The van der Waals surface area contributed by atoms with Gasteiger partial charge in [0.25, 0.3) is 0 Å². The predicted octanol–water partition coefficient (Wildman–Crippen LogP) is 0.450. The summed E-state index contributed by atoms with van der Waals surface area (Å²) in [5, 5.41) is 2.47. The van der Waals surface area contributed by atoms with Crippen LogP contribution in [0.25, 0.3) is 0 Å². The lowest BCUT2D eigenvalue weighted by molar-refractivity contribution is -0.150. The van der Waals surface area contributed by atoms with Crippen LogP contribution in [0.5, 0.6) is 0 Å². The molecule has 0 bridgehead atoms. The fourth-order valence-electron chi connectivity index (χ4n) is 1.61. The van der Waals surface area contributed by atoms with Crippen LogP contribution in [0.3, 0.4) is 0 Å². The van der Waals surface area contributed by atoms with Crippen LogP contribution in [0, 0.1) is 0 Å². The van der Waals surface area contributed by atoms with Gasteiger partial charge >= 0.3 is 11.9 Å². The molecule has 0 aliphatic heterocycles. The van der Waals surface area contributed by atoms with E-state index in [1.165, 1.54) is 14.2 Å². The van der Waals surface area contributed by atoms with Crippen LogP contribution in [0.2, 0.25) is 0 Å². The van der Waals surface area contributed by atoms with Gasteiger partial charge in [-0.05, 0) is 5.56 Å². The summed E-state index contributed by atoms with van der Waals surface area (Å²) in [6, 6.07) is 8.03. The van der Waals surface area contributed by atoms with Crippen molar-refractivity contribution in [1.82, 2.24) is 5.32 Å². The van der Waals surface area contributed by atoms with Gasteiger partial charge in [-0.2, -0.15) is 0 Å². The van der Waals surface area contributed by atoms with E-state index in [1.807, 2.05) is 18.2 Å². The number of rotatable bonds is 6. The Kier molecular flexibility index (Phi) is 6.22. The minimum atomic E-state index is -1.04. The summed E-state index contributed by atoms with van der Waals surface area (Å²) < 4.78 is 9.02. The lowest BCUT2D eigenvalue weighted by Crippen LogP contribution is -2.43. The number of carbonyl (C=O) groups is 3. The highest BCUT2D eigenvalue weighted by Gasteiger charge is 2.24. The monoisotopic (exact) mass is 279 g/mol. The number of esters is 2. The van der Waals surface area contributed by atoms with E-state index < -0.39 is 18.0 Å². The Morgan fingerprint density at radius 3 is 2.30 bits per heavy atom. The van der Waals surface area contributed by atoms with Gasteiger partial charge < -0.3 is 14.8 Å². The molecule has 0 aliphatic rings. The molecule has 108 valence electrons. The second-order valence-corrected chi connectivity index (χ2v) is 4.09. The lowest BCUT2D eigenvalue weighted by Gasteiger charge is -2.15. The van der Waals surface area contributed by atoms with E-state index in [2.05, 4.69) is 14.8 Å². The molecule has 0 fully saturated rings. The molecule has 0 saturated heterocycles. The van der Waals surface area contributed by atoms with E-state index >= 15 is 0 Å². The summed E-state index contributed by atoms with van der Waals surface area (Å²) in [7, 11) is 2.40. The van der Waals surface area contributed by atoms with Crippen LogP contribution in [0.15, 0.2) is 30.3 Å². The lowest BCUT2D eigenvalue weighted by atomic mass is 10.1. The topological polar surface area (TPSA) is 81.7 Å². The predicted molar refractivity (Wildman–Crippen MR) is 70.7 cm³/mol. The Morgan fingerprint density at radius 2 is 1.75 bits per heavy atom. The third-order valence-corrected chi connectivity index (χ3v) is 2.63. The van der Waals surface area contributed by atoms with Crippen molar-refractivity contribution in [2.45, 2.75) is 18.9 Å². The minimum absolute atomic E-state index is 0.121.